The Balaban J connectivity index is 2.08. The lowest BCUT2D eigenvalue weighted by atomic mass is 10.2. The number of rotatable bonds is 6. The van der Waals surface area contributed by atoms with Gasteiger partial charge in [-0.1, -0.05) is 36.7 Å². The summed E-state index contributed by atoms with van der Waals surface area (Å²) in [4.78, 5) is 24.1. The van der Waals surface area contributed by atoms with Crippen molar-refractivity contribution in [3.63, 3.8) is 0 Å². The van der Waals surface area contributed by atoms with E-state index in [4.69, 9.17) is 16.3 Å². The lowest BCUT2D eigenvalue weighted by Gasteiger charge is -2.11. The van der Waals surface area contributed by atoms with Crippen molar-refractivity contribution in [1.29, 1.82) is 0 Å². The maximum absolute atomic E-state index is 12.2. The molecule has 6 nitrogen and oxygen atoms in total. The van der Waals surface area contributed by atoms with Crippen molar-refractivity contribution in [2.45, 2.75) is 18.7 Å². The van der Waals surface area contributed by atoms with E-state index in [9.17, 15) is 18.0 Å². The van der Waals surface area contributed by atoms with Gasteiger partial charge in [-0.25, -0.2) is 13.2 Å². The van der Waals surface area contributed by atoms with Crippen molar-refractivity contribution in [3.8, 4) is 0 Å². The van der Waals surface area contributed by atoms with Crippen LogP contribution in [0, 0.1) is 6.92 Å². The largest absolute Gasteiger partial charge is 0.452 e. The number of benzene rings is 2. The fourth-order valence-electron chi connectivity index (χ4n) is 2.20. The summed E-state index contributed by atoms with van der Waals surface area (Å²) in [6, 6.07) is 10.8. The van der Waals surface area contributed by atoms with Gasteiger partial charge in [-0.05, 0) is 36.8 Å². The first kappa shape index (κ1) is 19.9. The average Bonchev–Trinajstić information content (AvgIpc) is 2.63. The Morgan fingerprint density at radius 3 is 2.50 bits per heavy atom. The van der Waals surface area contributed by atoms with E-state index in [1.54, 1.807) is 25.1 Å². The molecule has 138 valence electrons. The number of hydrogen-bond acceptors (Lipinski definition) is 5. The van der Waals surface area contributed by atoms with Gasteiger partial charge in [-0.15, -0.1) is 0 Å². The number of sulfone groups is 1. The first-order valence-corrected chi connectivity index (χ1v) is 9.83. The first-order valence-electron chi connectivity index (χ1n) is 7.80. The molecule has 1 amide bonds. The van der Waals surface area contributed by atoms with Crippen LogP contribution in [0.4, 0.5) is 5.69 Å². The predicted molar refractivity (Wildman–Crippen MR) is 99.3 cm³/mol. The predicted octanol–water partition coefficient (Wildman–Crippen LogP) is 3.24. The van der Waals surface area contributed by atoms with E-state index >= 15 is 0 Å². The molecular formula is C18H18ClNO5S. The van der Waals surface area contributed by atoms with Crippen LogP contribution in [-0.2, 0) is 19.4 Å². The minimum atomic E-state index is -3.59. The summed E-state index contributed by atoms with van der Waals surface area (Å²) in [5.74, 6) is -1.58. The van der Waals surface area contributed by atoms with Gasteiger partial charge in [0.2, 0.25) is 0 Å². The summed E-state index contributed by atoms with van der Waals surface area (Å²) >= 11 is 5.99. The van der Waals surface area contributed by atoms with Crippen LogP contribution in [0.15, 0.2) is 47.4 Å². The highest BCUT2D eigenvalue weighted by molar-refractivity contribution is 7.91. The zero-order valence-electron chi connectivity index (χ0n) is 14.3. The molecule has 0 spiro atoms. The number of carbonyl (C=O) groups is 2. The van der Waals surface area contributed by atoms with Crippen molar-refractivity contribution >= 4 is 39.0 Å². The summed E-state index contributed by atoms with van der Waals surface area (Å²) < 4.78 is 29.1. The first-order chi connectivity index (χ1) is 12.3. The number of hydrogen-bond donors (Lipinski definition) is 1. The molecule has 0 unspecified atom stereocenters. The van der Waals surface area contributed by atoms with Crippen molar-refractivity contribution in [1.82, 2.24) is 0 Å². The second-order valence-electron chi connectivity index (χ2n) is 5.44. The lowest BCUT2D eigenvalue weighted by molar-refractivity contribution is -0.119. The number of esters is 1. The Hall–Kier alpha value is -2.38. The monoisotopic (exact) mass is 395 g/mol. The summed E-state index contributed by atoms with van der Waals surface area (Å²) in [5.41, 5.74) is 1.10. The second-order valence-corrected chi connectivity index (χ2v) is 8.09. The van der Waals surface area contributed by atoms with Gasteiger partial charge in [-0.2, -0.15) is 0 Å². The number of ether oxygens (including phenoxy) is 1. The number of anilines is 1. The third-order valence-electron chi connectivity index (χ3n) is 3.70. The van der Waals surface area contributed by atoms with Crippen molar-refractivity contribution in [2.24, 2.45) is 0 Å². The van der Waals surface area contributed by atoms with Gasteiger partial charge < -0.3 is 10.1 Å². The van der Waals surface area contributed by atoms with Crippen LogP contribution < -0.4 is 5.32 Å². The Morgan fingerprint density at radius 2 is 1.81 bits per heavy atom. The van der Waals surface area contributed by atoms with Gasteiger partial charge in [-0.3, -0.25) is 4.79 Å². The molecular weight excluding hydrogens is 378 g/mol. The number of nitrogens with one attached hydrogen (secondary N) is 1. The molecule has 0 radical (unpaired) electrons. The van der Waals surface area contributed by atoms with Crippen LogP contribution in [-0.4, -0.2) is 32.7 Å². The highest BCUT2D eigenvalue weighted by Crippen LogP contribution is 2.23. The second kappa shape index (κ2) is 8.33. The normalized spacial score (nSPS) is 11.0. The summed E-state index contributed by atoms with van der Waals surface area (Å²) in [5, 5.41) is 3.09. The number of amides is 1. The smallest absolute Gasteiger partial charge is 0.339 e. The molecule has 2 aromatic carbocycles. The standard InChI is InChI=1S/C18H18ClNO5S/c1-3-26(23,24)16-10-5-4-7-13(16)18(22)25-11-17(21)20-15-9-6-8-14(19)12(15)2/h4-10H,3,11H2,1-2H3,(H,20,21). The van der Waals surface area contributed by atoms with E-state index in [1.165, 1.54) is 31.2 Å². The third-order valence-corrected chi connectivity index (χ3v) is 5.89. The molecule has 2 rings (SSSR count). The molecule has 0 saturated carbocycles. The maximum Gasteiger partial charge on any atom is 0.339 e. The fourth-order valence-corrected chi connectivity index (χ4v) is 3.46. The molecule has 8 heteroatoms. The minimum Gasteiger partial charge on any atom is -0.452 e. The number of halogens is 1. The van der Waals surface area contributed by atoms with Crippen LogP contribution in [0.1, 0.15) is 22.8 Å². The molecule has 0 atom stereocenters. The minimum absolute atomic E-state index is 0.0962. The summed E-state index contributed by atoms with van der Waals surface area (Å²) in [7, 11) is -3.59. The molecule has 2 aromatic rings. The van der Waals surface area contributed by atoms with Crippen LogP contribution >= 0.6 is 11.6 Å². The number of carbonyl (C=O) groups excluding carboxylic acids is 2. The van der Waals surface area contributed by atoms with Crippen molar-refractivity contribution < 1.29 is 22.7 Å². The molecule has 0 aromatic heterocycles. The molecule has 1 N–H and O–H groups in total. The van der Waals surface area contributed by atoms with Gasteiger partial charge >= 0.3 is 5.97 Å². The topological polar surface area (TPSA) is 89.5 Å². The average molecular weight is 396 g/mol. The van der Waals surface area contributed by atoms with Gasteiger partial charge in [0.25, 0.3) is 5.91 Å². The Kier molecular flexibility index (Phi) is 6.39. The molecule has 0 aliphatic carbocycles. The SMILES string of the molecule is CCS(=O)(=O)c1ccccc1C(=O)OCC(=O)Nc1cccc(Cl)c1C. The van der Waals surface area contributed by atoms with Crippen LogP contribution in [0.5, 0.6) is 0 Å². The van der Waals surface area contributed by atoms with Gasteiger partial charge in [0.05, 0.1) is 16.2 Å². The van der Waals surface area contributed by atoms with Crippen LogP contribution in [0.2, 0.25) is 5.02 Å². The van der Waals surface area contributed by atoms with Gasteiger partial charge in [0, 0.05) is 10.7 Å². The molecule has 0 saturated heterocycles. The highest BCUT2D eigenvalue weighted by Gasteiger charge is 2.22. The van der Waals surface area contributed by atoms with Crippen LogP contribution in [0.3, 0.4) is 0 Å². The molecule has 0 bridgehead atoms. The van der Waals surface area contributed by atoms with Crippen molar-refractivity contribution in [2.75, 3.05) is 17.7 Å². The van der Waals surface area contributed by atoms with E-state index < -0.39 is 28.3 Å². The molecule has 0 aliphatic heterocycles. The van der Waals surface area contributed by atoms with Crippen molar-refractivity contribution in [3.05, 3.63) is 58.6 Å². The molecule has 26 heavy (non-hydrogen) atoms. The van der Waals surface area contributed by atoms with E-state index in [2.05, 4.69) is 5.32 Å². The Labute approximate surface area is 157 Å². The van der Waals surface area contributed by atoms with Gasteiger partial charge in [0.1, 0.15) is 0 Å². The maximum atomic E-state index is 12.2. The van der Waals surface area contributed by atoms with E-state index in [-0.39, 0.29) is 16.2 Å². The summed E-state index contributed by atoms with van der Waals surface area (Å²) in [6.07, 6.45) is 0. The molecule has 0 heterocycles. The van der Waals surface area contributed by atoms with Gasteiger partial charge in [0.15, 0.2) is 16.4 Å². The van der Waals surface area contributed by atoms with Crippen LogP contribution in [0.25, 0.3) is 0 Å². The summed E-state index contributed by atoms with van der Waals surface area (Å²) in [6.45, 7) is 2.68. The Morgan fingerprint density at radius 1 is 1.12 bits per heavy atom. The van der Waals surface area contributed by atoms with E-state index in [0.29, 0.717) is 16.3 Å². The zero-order chi connectivity index (χ0) is 19.3. The zero-order valence-corrected chi connectivity index (χ0v) is 15.9. The van der Waals surface area contributed by atoms with E-state index in [1.807, 2.05) is 0 Å². The molecule has 0 fully saturated rings. The third kappa shape index (κ3) is 4.62. The quantitative estimate of drug-likeness (QED) is 0.758. The fraction of sp³-hybridized carbons (Fsp3) is 0.222. The highest BCUT2D eigenvalue weighted by atomic mass is 35.5. The van der Waals surface area contributed by atoms with E-state index in [0.717, 1.165) is 0 Å². The Bertz CT molecular complexity index is 940. The molecule has 0 aliphatic rings. The lowest BCUT2D eigenvalue weighted by Crippen LogP contribution is -2.22.